The van der Waals surface area contributed by atoms with Crippen LogP contribution in [0.2, 0.25) is 0 Å². The van der Waals surface area contributed by atoms with E-state index in [-0.39, 0.29) is 32.8 Å². The Morgan fingerprint density at radius 1 is 1.06 bits per heavy atom. The maximum Gasteiger partial charge on any atom is 0.435 e. The molecule has 53 heavy (non-hydrogen) atoms. The second kappa shape index (κ2) is 13.0. The lowest BCUT2D eigenvalue weighted by atomic mass is 9.84. The van der Waals surface area contributed by atoms with Crippen molar-refractivity contribution in [3.63, 3.8) is 0 Å². The SMILES string of the molecule is CC(C)(O)C#Cc1ccc(-c2cc(F)c(F)c(C(N)=O)c2)c(C(Cc2cc(F)cc(F)c2)NC(=O)Cn2nc(C(F)(F)F)c3c2C(F)(F)C2C#CC32)n1. The van der Waals surface area contributed by atoms with Crippen LogP contribution in [-0.2, 0) is 29.9 Å². The molecule has 2 heterocycles. The Morgan fingerprint density at radius 2 is 1.74 bits per heavy atom. The number of amides is 2. The van der Waals surface area contributed by atoms with Crippen molar-refractivity contribution in [2.75, 3.05) is 0 Å². The molecule has 0 spiro atoms. The van der Waals surface area contributed by atoms with Crippen molar-refractivity contribution in [1.29, 1.82) is 0 Å². The number of carbonyl (C=O) groups is 2. The molecule has 2 aliphatic carbocycles. The molecule has 0 bridgehead atoms. The summed E-state index contributed by atoms with van der Waals surface area (Å²) in [5.74, 6) is -5.37. The molecular weight excluding hydrogens is 721 g/mol. The number of hydrogen-bond acceptors (Lipinski definition) is 5. The zero-order valence-electron chi connectivity index (χ0n) is 27.3. The van der Waals surface area contributed by atoms with Crippen molar-refractivity contribution in [1.82, 2.24) is 20.1 Å². The summed E-state index contributed by atoms with van der Waals surface area (Å²) >= 11 is 0. The highest BCUT2D eigenvalue weighted by Gasteiger charge is 2.62. The minimum atomic E-state index is -5.18. The van der Waals surface area contributed by atoms with E-state index < -0.39 is 106 Å². The molecule has 2 amide bonds. The summed E-state index contributed by atoms with van der Waals surface area (Å²) in [4.78, 5) is 30.0. The molecule has 2 aromatic carbocycles. The predicted molar refractivity (Wildman–Crippen MR) is 167 cm³/mol. The van der Waals surface area contributed by atoms with Gasteiger partial charge in [0.05, 0.1) is 23.2 Å². The van der Waals surface area contributed by atoms with Crippen molar-refractivity contribution in [3.05, 3.63) is 105 Å². The third kappa shape index (κ3) is 7.17. The highest BCUT2D eigenvalue weighted by Crippen LogP contribution is 2.58. The second-order valence-electron chi connectivity index (χ2n) is 12.9. The number of nitrogens with one attached hydrogen (secondary N) is 1. The number of aromatic nitrogens is 3. The molecule has 274 valence electrons. The highest BCUT2D eigenvalue weighted by molar-refractivity contribution is 5.94. The molecule has 4 aromatic rings. The van der Waals surface area contributed by atoms with E-state index in [0.29, 0.717) is 12.1 Å². The number of nitrogens with zero attached hydrogens (tertiary/aromatic N) is 3. The Kier molecular flexibility index (Phi) is 9.06. The Labute approximate surface area is 294 Å². The van der Waals surface area contributed by atoms with Crippen molar-refractivity contribution in [2.24, 2.45) is 11.7 Å². The van der Waals surface area contributed by atoms with E-state index >= 15 is 8.78 Å². The van der Waals surface area contributed by atoms with Gasteiger partial charge in [-0.15, -0.1) is 0 Å². The lowest BCUT2D eigenvalue weighted by Crippen LogP contribution is -2.36. The number of pyridine rings is 1. The average molecular weight is 746 g/mol. The quantitative estimate of drug-likeness (QED) is 0.159. The summed E-state index contributed by atoms with van der Waals surface area (Å²) in [5.41, 5.74) is -1.68. The van der Waals surface area contributed by atoms with Gasteiger partial charge in [-0.1, -0.05) is 17.8 Å². The van der Waals surface area contributed by atoms with Gasteiger partial charge in [0.2, 0.25) is 5.91 Å². The normalized spacial score (nSPS) is 17.4. The summed E-state index contributed by atoms with van der Waals surface area (Å²) in [6, 6.07) is 4.82. The molecule has 17 heteroatoms. The van der Waals surface area contributed by atoms with Gasteiger partial charge in [0.1, 0.15) is 41.1 Å². The first-order valence-electron chi connectivity index (χ1n) is 15.5. The maximum atomic E-state index is 15.4. The molecular formula is C36H24F9N5O3. The number of aliphatic hydroxyl groups is 1. The van der Waals surface area contributed by atoms with Gasteiger partial charge in [0.25, 0.3) is 5.91 Å². The Morgan fingerprint density at radius 3 is 2.32 bits per heavy atom. The van der Waals surface area contributed by atoms with Gasteiger partial charge in [-0.2, -0.15) is 27.1 Å². The van der Waals surface area contributed by atoms with E-state index in [1.165, 1.54) is 26.0 Å². The smallest absolute Gasteiger partial charge is 0.378 e. The number of rotatable bonds is 8. The summed E-state index contributed by atoms with van der Waals surface area (Å²) < 4.78 is 131. The lowest BCUT2D eigenvalue weighted by molar-refractivity contribution is -0.142. The number of alkyl halides is 5. The van der Waals surface area contributed by atoms with Gasteiger partial charge < -0.3 is 16.2 Å². The number of nitrogens with two attached hydrogens (primary N) is 1. The van der Waals surface area contributed by atoms with Gasteiger partial charge in [-0.25, -0.2) is 22.5 Å². The molecule has 6 rings (SSSR count). The van der Waals surface area contributed by atoms with Crippen molar-refractivity contribution in [3.8, 4) is 34.8 Å². The number of carbonyl (C=O) groups excluding carboxylic acids is 2. The molecule has 0 fully saturated rings. The maximum absolute atomic E-state index is 15.4. The van der Waals surface area contributed by atoms with Crippen LogP contribution in [0, 0.1) is 52.9 Å². The number of fused-ring (bicyclic) bond motifs is 3. The monoisotopic (exact) mass is 745 g/mol. The van der Waals surface area contributed by atoms with Gasteiger partial charge in [0.15, 0.2) is 17.3 Å². The summed E-state index contributed by atoms with van der Waals surface area (Å²) in [5, 5.41) is 15.9. The molecule has 4 N–H and O–H groups in total. The first-order chi connectivity index (χ1) is 24.6. The van der Waals surface area contributed by atoms with E-state index in [1.54, 1.807) is 0 Å². The first-order valence-corrected chi connectivity index (χ1v) is 15.5. The van der Waals surface area contributed by atoms with E-state index in [1.807, 2.05) is 0 Å². The zero-order chi connectivity index (χ0) is 38.8. The van der Waals surface area contributed by atoms with Crippen LogP contribution in [-0.4, -0.2) is 37.3 Å². The number of primary amides is 1. The van der Waals surface area contributed by atoms with Crippen LogP contribution in [0.1, 0.15) is 70.1 Å². The zero-order valence-corrected chi connectivity index (χ0v) is 27.3. The molecule has 2 aliphatic rings. The van der Waals surface area contributed by atoms with Crippen LogP contribution in [0.4, 0.5) is 39.5 Å². The summed E-state index contributed by atoms with van der Waals surface area (Å²) in [6.07, 6.45) is -5.72. The minimum Gasteiger partial charge on any atom is -0.378 e. The molecule has 0 aliphatic heterocycles. The van der Waals surface area contributed by atoms with E-state index in [4.69, 9.17) is 5.73 Å². The summed E-state index contributed by atoms with van der Waals surface area (Å²) in [6.45, 7) is 1.48. The summed E-state index contributed by atoms with van der Waals surface area (Å²) in [7, 11) is 0. The number of hydrogen-bond donors (Lipinski definition) is 3. The largest absolute Gasteiger partial charge is 0.435 e. The topological polar surface area (TPSA) is 123 Å². The Bertz CT molecular complexity index is 2300. The standard InChI is InChI=1S/C36H24F9N5O3/c1-34(2,53)8-7-20-3-4-21(17-12-23(33(46)52)29(40)25(39)13-17)30(47-20)26(11-16-9-18(37)14-19(38)10-16)48-27(51)15-50-32-28(31(49-50)36(43,44)45)22-5-6-24(22)35(32,41)42/h3-4,9-10,12-14,22,24,26,53H,11,15H2,1-2H3,(H2,46,52)(H,48,51). The average Bonchev–Trinajstić information content (AvgIpc) is 3.45. The fraction of sp³-hybridized carbons (Fsp3) is 0.278. The Hall–Kier alpha value is -5.81. The fourth-order valence-electron chi connectivity index (χ4n) is 6.13. The van der Waals surface area contributed by atoms with Gasteiger partial charge >= 0.3 is 12.1 Å². The third-order valence-corrected chi connectivity index (χ3v) is 8.35. The van der Waals surface area contributed by atoms with Crippen LogP contribution in [0.3, 0.4) is 0 Å². The lowest BCUT2D eigenvalue weighted by Gasteiger charge is -2.24. The third-order valence-electron chi connectivity index (χ3n) is 8.35. The number of halogens is 9. The first kappa shape index (κ1) is 37.0. The van der Waals surface area contributed by atoms with Crippen LogP contribution in [0.5, 0.6) is 0 Å². The molecule has 0 radical (unpaired) electrons. The van der Waals surface area contributed by atoms with E-state index in [0.717, 1.165) is 18.2 Å². The van der Waals surface area contributed by atoms with E-state index in [2.05, 4.69) is 39.1 Å². The fourth-order valence-corrected chi connectivity index (χ4v) is 6.13. The molecule has 8 nitrogen and oxygen atoms in total. The van der Waals surface area contributed by atoms with Gasteiger partial charge in [-0.3, -0.25) is 14.3 Å². The van der Waals surface area contributed by atoms with Crippen LogP contribution >= 0.6 is 0 Å². The molecule has 2 aromatic heterocycles. The van der Waals surface area contributed by atoms with Crippen LogP contribution < -0.4 is 11.1 Å². The minimum absolute atomic E-state index is 0.0944. The highest BCUT2D eigenvalue weighted by atomic mass is 19.4. The molecule has 3 atom stereocenters. The number of benzene rings is 2. The van der Waals surface area contributed by atoms with Gasteiger partial charge in [0, 0.05) is 17.2 Å². The molecule has 0 saturated carbocycles. The van der Waals surface area contributed by atoms with Crippen molar-refractivity contribution >= 4 is 11.8 Å². The van der Waals surface area contributed by atoms with Crippen LogP contribution in [0.15, 0.2) is 42.5 Å². The second-order valence-corrected chi connectivity index (χ2v) is 12.9. The van der Waals surface area contributed by atoms with Crippen molar-refractivity contribution in [2.45, 2.75) is 56.5 Å². The predicted octanol–water partition coefficient (Wildman–Crippen LogP) is 5.66. The van der Waals surface area contributed by atoms with Crippen molar-refractivity contribution < 1.29 is 54.2 Å². The van der Waals surface area contributed by atoms with Crippen LogP contribution in [0.25, 0.3) is 11.1 Å². The Balaban J connectivity index is 1.49. The van der Waals surface area contributed by atoms with Gasteiger partial charge in [-0.05, 0) is 73.7 Å². The molecule has 3 unspecified atom stereocenters. The van der Waals surface area contributed by atoms with E-state index in [9.17, 15) is 45.4 Å². The molecule has 0 saturated heterocycles.